The van der Waals surface area contributed by atoms with Crippen LogP contribution in [0.1, 0.15) is 5.56 Å². The topological polar surface area (TPSA) is 102 Å². The molecule has 2 aromatic carbocycles. The van der Waals surface area contributed by atoms with Gasteiger partial charge < -0.3 is 21.1 Å². The average molecular weight is 416 g/mol. The zero-order chi connectivity index (χ0) is 20.1. The van der Waals surface area contributed by atoms with Crippen molar-refractivity contribution >= 4 is 52.5 Å². The van der Waals surface area contributed by atoms with Crippen LogP contribution in [0.4, 0.5) is 22.0 Å². The van der Waals surface area contributed by atoms with E-state index < -0.39 is 6.03 Å². The summed E-state index contributed by atoms with van der Waals surface area (Å²) < 4.78 is 5.70. The van der Waals surface area contributed by atoms with Crippen molar-refractivity contribution in [1.29, 1.82) is 0 Å². The van der Waals surface area contributed by atoms with Gasteiger partial charge in [-0.15, -0.1) is 0 Å². The first-order valence-electron chi connectivity index (χ1n) is 8.00. The van der Waals surface area contributed by atoms with Gasteiger partial charge in [0, 0.05) is 6.07 Å². The molecule has 9 heteroatoms. The van der Waals surface area contributed by atoms with Crippen molar-refractivity contribution in [2.24, 2.45) is 0 Å². The number of carbonyl (C=O) groups is 1. The molecule has 0 atom stereocenters. The van der Waals surface area contributed by atoms with E-state index in [1.807, 2.05) is 0 Å². The molecule has 0 aliphatic rings. The molecule has 1 aromatic heterocycles. The van der Waals surface area contributed by atoms with Crippen LogP contribution in [-0.2, 0) is 0 Å². The van der Waals surface area contributed by atoms with E-state index in [-0.39, 0.29) is 16.7 Å². The lowest BCUT2D eigenvalue weighted by Crippen LogP contribution is -2.19. The van der Waals surface area contributed by atoms with Gasteiger partial charge in [0.05, 0.1) is 27.0 Å². The fourth-order valence-corrected chi connectivity index (χ4v) is 2.68. The first-order chi connectivity index (χ1) is 13.5. The Bertz CT molecular complexity index is 1040. The van der Waals surface area contributed by atoms with Gasteiger partial charge in [-0.2, -0.15) is 0 Å². The van der Waals surface area contributed by atoms with Crippen molar-refractivity contribution < 1.29 is 9.53 Å². The van der Waals surface area contributed by atoms with Crippen molar-refractivity contribution in [3.63, 3.8) is 0 Å². The smallest absolute Gasteiger partial charge is 0.323 e. The molecule has 3 aromatic rings. The van der Waals surface area contributed by atoms with Gasteiger partial charge in [0.1, 0.15) is 17.9 Å². The van der Waals surface area contributed by atoms with Gasteiger partial charge in [-0.1, -0.05) is 48.0 Å². The maximum absolute atomic E-state index is 12.2. The summed E-state index contributed by atoms with van der Waals surface area (Å²) >= 11 is 12.3. The Morgan fingerprint density at radius 1 is 1.07 bits per heavy atom. The van der Waals surface area contributed by atoms with Crippen LogP contribution in [-0.4, -0.2) is 16.0 Å². The van der Waals surface area contributed by atoms with Crippen LogP contribution in [0, 0.1) is 0 Å². The van der Waals surface area contributed by atoms with Gasteiger partial charge in [0.25, 0.3) is 0 Å². The Morgan fingerprint density at radius 2 is 1.79 bits per heavy atom. The molecule has 142 valence electrons. The molecule has 2 amide bonds. The highest BCUT2D eigenvalue weighted by molar-refractivity contribution is 6.34. The first-order valence-corrected chi connectivity index (χ1v) is 8.76. The number of hydrogen-bond donors (Lipinski definition) is 3. The number of hydrogen-bond acceptors (Lipinski definition) is 5. The number of para-hydroxylation sites is 1. The highest BCUT2D eigenvalue weighted by Crippen LogP contribution is 2.31. The normalized spacial score (nSPS) is 10.2. The van der Waals surface area contributed by atoms with Gasteiger partial charge in [-0.05, 0) is 24.3 Å². The van der Waals surface area contributed by atoms with Crippen molar-refractivity contribution in [3.8, 4) is 11.6 Å². The van der Waals surface area contributed by atoms with Gasteiger partial charge in [-0.3, -0.25) is 0 Å². The zero-order valence-electron chi connectivity index (χ0n) is 14.4. The molecule has 0 aliphatic carbocycles. The molecule has 3 rings (SSSR count). The number of nitrogen functional groups attached to an aromatic ring is 1. The summed E-state index contributed by atoms with van der Waals surface area (Å²) in [5, 5.41) is 6.00. The second-order valence-electron chi connectivity index (χ2n) is 5.48. The van der Waals surface area contributed by atoms with E-state index in [0.29, 0.717) is 27.7 Å². The van der Waals surface area contributed by atoms with Crippen LogP contribution in [0.2, 0.25) is 10.0 Å². The molecule has 0 bridgehead atoms. The Kier molecular flexibility index (Phi) is 5.98. The molecule has 0 fully saturated rings. The average Bonchev–Trinajstić information content (AvgIpc) is 2.66. The number of carbonyl (C=O) groups excluding carboxylic acids is 1. The number of ether oxygens (including phenoxy) is 1. The van der Waals surface area contributed by atoms with E-state index in [9.17, 15) is 4.79 Å². The van der Waals surface area contributed by atoms with Crippen molar-refractivity contribution in [1.82, 2.24) is 9.97 Å². The SMILES string of the molecule is C=Cc1c(N)ncnc1Oc1ccc(NC(=O)Nc2ccccc2Cl)c(Cl)c1. The van der Waals surface area contributed by atoms with Crippen molar-refractivity contribution in [2.45, 2.75) is 0 Å². The lowest BCUT2D eigenvalue weighted by molar-refractivity contribution is 0.262. The van der Waals surface area contributed by atoms with Crippen LogP contribution in [0.25, 0.3) is 6.08 Å². The zero-order valence-corrected chi connectivity index (χ0v) is 16.0. The van der Waals surface area contributed by atoms with Crippen molar-refractivity contribution in [3.05, 3.63) is 71.0 Å². The van der Waals surface area contributed by atoms with Crippen LogP contribution < -0.4 is 21.1 Å². The minimum atomic E-state index is -0.485. The summed E-state index contributed by atoms with van der Waals surface area (Å²) in [5.74, 6) is 0.902. The molecule has 1 heterocycles. The number of anilines is 3. The van der Waals surface area contributed by atoms with Crippen LogP contribution in [0.15, 0.2) is 55.4 Å². The predicted molar refractivity (Wildman–Crippen MR) is 112 cm³/mol. The number of nitrogens with zero attached hydrogens (tertiary/aromatic N) is 2. The number of benzene rings is 2. The quantitative estimate of drug-likeness (QED) is 0.514. The molecule has 28 heavy (non-hydrogen) atoms. The summed E-state index contributed by atoms with van der Waals surface area (Å²) in [5.41, 5.74) is 7.12. The number of amides is 2. The van der Waals surface area contributed by atoms with Crippen LogP contribution in [0.3, 0.4) is 0 Å². The fraction of sp³-hybridized carbons (Fsp3) is 0. The lowest BCUT2D eigenvalue weighted by atomic mass is 10.2. The molecule has 0 spiro atoms. The molecule has 0 radical (unpaired) electrons. The molecule has 0 aliphatic heterocycles. The monoisotopic (exact) mass is 415 g/mol. The van der Waals surface area contributed by atoms with E-state index in [1.54, 1.807) is 36.4 Å². The van der Waals surface area contributed by atoms with E-state index in [0.717, 1.165) is 0 Å². The number of urea groups is 1. The Morgan fingerprint density at radius 3 is 2.46 bits per heavy atom. The summed E-state index contributed by atoms with van der Waals surface area (Å²) in [7, 11) is 0. The number of halogens is 2. The highest BCUT2D eigenvalue weighted by atomic mass is 35.5. The third-order valence-corrected chi connectivity index (χ3v) is 4.25. The first kappa shape index (κ1) is 19.5. The largest absolute Gasteiger partial charge is 0.438 e. The van der Waals surface area contributed by atoms with Gasteiger partial charge in [0.2, 0.25) is 5.88 Å². The van der Waals surface area contributed by atoms with Gasteiger partial charge in [-0.25, -0.2) is 14.8 Å². The van der Waals surface area contributed by atoms with E-state index in [1.165, 1.54) is 18.5 Å². The maximum Gasteiger partial charge on any atom is 0.323 e. The maximum atomic E-state index is 12.2. The molecule has 0 unspecified atom stereocenters. The molecule has 0 saturated heterocycles. The summed E-state index contributed by atoms with van der Waals surface area (Å²) in [6.07, 6.45) is 2.79. The second-order valence-corrected chi connectivity index (χ2v) is 6.30. The van der Waals surface area contributed by atoms with E-state index in [2.05, 4.69) is 27.2 Å². The van der Waals surface area contributed by atoms with Gasteiger partial charge >= 0.3 is 6.03 Å². The minimum absolute atomic E-state index is 0.246. The number of rotatable bonds is 5. The third-order valence-electron chi connectivity index (χ3n) is 3.61. The lowest BCUT2D eigenvalue weighted by Gasteiger charge is -2.12. The summed E-state index contributed by atoms with van der Waals surface area (Å²) in [6, 6.07) is 11.2. The highest BCUT2D eigenvalue weighted by Gasteiger charge is 2.12. The molecule has 4 N–H and O–H groups in total. The van der Waals surface area contributed by atoms with Crippen LogP contribution >= 0.6 is 23.2 Å². The second kappa shape index (κ2) is 8.60. The van der Waals surface area contributed by atoms with E-state index >= 15 is 0 Å². The molecular weight excluding hydrogens is 401 g/mol. The predicted octanol–water partition coefficient (Wildman–Crippen LogP) is 5.44. The molecular formula is C19H15Cl2N5O2. The fourth-order valence-electron chi connectivity index (χ4n) is 2.28. The van der Waals surface area contributed by atoms with Crippen LogP contribution in [0.5, 0.6) is 11.6 Å². The Hall–Kier alpha value is -3.29. The Labute approximate surface area is 171 Å². The number of aromatic nitrogens is 2. The summed E-state index contributed by atoms with van der Waals surface area (Å²) in [6.45, 7) is 3.67. The van der Waals surface area contributed by atoms with E-state index in [4.69, 9.17) is 33.7 Å². The summed E-state index contributed by atoms with van der Waals surface area (Å²) in [4.78, 5) is 20.1. The van der Waals surface area contributed by atoms with Crippen molar-refractivity contribution in [2.75, 3.05) is 16.4 Å². The Balaban J connectivity index is 1.72. The molecule has 0 saturated carbocycles. The standard InChI is InChI=1S/C19H15Cl2N5O2/c1-2-12-17(22)23-10-24-18(12)28-11-7-8-16(14(21)9-11)26-19(27)25-15-6-4-3-5-13(15)20/h2-10H,1H2,(H2,22,23,24)(H2,25,26,27). The third kappa shape index (κ3) is 4.51. The minimum Gasteiger partial charge on any atom is -0.438 e. The number of nitrogens with one attached hydrogen (secondary N) is 2. The number of nitrogens with two attached hydrogens (primary N) is 1. The molecule has 7 nitrogen and oxygen atoms in total. The van der Waals surface area contributed by atoms with Gasteiger partial charge in [0.15, 0.2) is 0 Å².